The number of aromatic nitrogens is 2. The number of nitro groups is 1. The average molecular weight is 316 g/mol. The van der Waals surface area contributed by atoms with Crippen LogP contribution in [0, 0.1) is 17.0 Å². The molecule has 116 valence electrons. The normalized spacial score (nSPS) is 18.1. The van der Waals surface area contributed by atoms with E-state index in [-0.39, 0.29) is 41.2 Å². The second-order valence-corrected chi connectivity index (χ2v) is 7.00. The van der Waals surface area contributed by atoms with E-state index in [0.717, 1.165) is 0 Å². The Morgan fingerprint density at radius 2 is 2.05 bits per heavy atom. The second-order valence-electron chi connectivity index (χ2n) is 4.70. The fraction of sp³-hybridized carbons (Fsp3) is 0.600. The van der Waals surface area contributed by atoms with Crippen LogP contribution in [0.15, 0.2) is 0 Å². The summed E-state index contributed by atoms with van der Waals surface area (Å²) in [7, 11) is -3.11. The highest BCUT2D eigenvalue weighted by atomic mass is 32.2. The number of hydrogen-bond acceptors (Lipinski definition) is 9. The first kappa shape index (κ1) is 15.4. The van der Waals surface area contributed by atoms with Crippen molar-refractivity contribution < 1.29 is 13.3 Å². The molecule has 3 N–H and O–H groups in total. The third-order valence-corrected chi connectivity index (χ3v) is 4.92. The van der Waals surface area contributed by atoms with Crippen LogP contribution < -0.4 is 16.2 Å². The van der Waals surface area contributed by atoms with Crippen LogP contribution in [0.5, 0.6) is 0 Å². The fourth-order valence-electron chi connectivity index (χ4n) is 2.20. The van der Waals surface area contributed by atoms with E-state index < -0.39 is 14.8 Å². The van der Waals surface area contributed by atoms with Gasteiger partial charge in [-0.1, -0.05) is 0 Å². The lowest BCUT2D eigenvalue weighted by molar-refractivity contribution is -0.385. The second kappa shape index (κ2) is 5.77. The number of nitrogens with one attached hydrogen (secondary N) is 1. The summed E-state index contributed by atoms with van der Waals surface area (Å²) in [5.74, 6) is 5.42. The molecule has 2 heterocycles. The van der Waals surface area contributed by atoms with Crippen LogP contribution in [0.25, 0.3) is 0 Å². The third kappa shape index (κ3) is 3.36. The minimum Gasteiger partial charge on any atom is -0.350 e. The molecule has 1 aliphatic heterocycles. The van der Waals surface area contributed by atoms with Crippen LogP contribution in [-0.4, -0.2) is 47.9 Å². The molecule has 2 rings (SSSR count). The van der Waals surface area contributed by atoms with Crippen LogP contribution in [0.2, 0.25) is 0 Å². The molecule has 0 unspecified atom stereocenters. The van der Waals surface area contributed by atoms with Crippen LogP contribution in [0.3, 0.4) is 0 Å². The van der Waals surface area contributed by atoms with Gasteiger partial charge in [0.25, 0.3) is 0 Å². The molecule has 1 aromatic heterocycles. The lowest BCUT2D eigenvalue weighted by Crippen LogP contribution is -2.29. The van der Waals surface area contributed by atoms with Gasteiger partial charge in [0.05, 0.1) is 16.4 Å². The maximum Gasteiger partial charge on any atom is 0.332 e. The summed E-state index contributed by atoms with van der Waals surface area (Å²) >= 11 is 0. The van der Waals surface area contributed by atoms with Crippen LogP contribution in [0.4, 0.5) is 17.5 Å². The zero-order valence-electron chi connectivity index (χ0n) is 11.4. The molecule has 1 aromatic rings. The summed E-state index contributed by atoms with van der Waals surface area (Å²) in [6, 6.07) is 0. The molecule has 0 bridgehead atoms. The zero-order chi connectivity index (χ0) is 15.6. The van der Waals surface area contributed by atoms with Gasteiger partial charge in [-0.2, -0.15) is 4.98 Å². The molecule has 0 saturated carbocycles. The number of hydrazine groups is 1. The number of nitrogens with zero attached hydrogens (tertiary/aromatic N) is 4. The standard InChI is InChI=1S/C10H16N6O4S/c1-7-8(16(17)18)9(13-10(12-7)14-11)15-3-2-5-21(19,20)6-4-15/h2-6,11H2,1H3,(H,12,13,14). The number of nitrogen functional groups attached to an aromatic ring is 1. The van der Waals surface area contributed by atoms with E-state index in [2.05, 4.69) is 15.4 Å². The quantitative estimate of drug-likeness (QED) is 0.432. The number of rotatable bonds is 3. The fourth-order valence-corrected chi connectivity index (χ4v) is 3.47. The van der Waals surface area contributed by atoms with Gasteiger partial charge in [-0.3, -0.25) is 15.5 Å². The highest BCUT2D eigenvalue weighted by molar-refractivity contribution is 7.91. The summed E-state index contributed by atoms with van der Waals surface area (Å²) in [6.45, 7) is 2.02. The number of anilines is 2. The van der Waals surface area contributed by atoms with Gasteiger partial charge in [0, 0.05) is 13.1 Å². The van der Waals surface area contributed by atoms with Gasteiger partial charge in [-0.25, -0.2) is 19.2 Å². The summed E-state index contributed by atoms with van der Waals surface area (Å²) in [5, 5.41) is 11.2. The van der Waals surface area contributed by atoms with Gasteiger partial charge in [0.15, 0.2) is 9.84 Å². The van der Waals surface area contributed by atoms with Gasteiger partial charge in [0.2, 0.25) is 11.8 Å². The minimum absolute atomic E-state index is 0.0557. The topological polar surface area (TPSA) is 144 Å². The van der Waals surface area contributed by atoms with Gasteiger partial charge in [-0.05, 0) is 13.3 Å². The Labute approximate surface area is 121 Å². The maximum absolute atomic E-state index is 11.6. The highest BCUT2D eigenvalue weighted by Crippen LogP contribution is 2.30. The Hall–Kier alpha value is -2.01. The first-order chi connectivity index (χ1) is 9.84. The van der Waals surface area contributed by atoms with Crippen LogP contribution in [-0.2, 0) is 9.84 Å². The zero-order valence-corrected chi connectivity index (χ0v) is 12.3. The van der Waals surface area contributed by atoms with E-state index >= 15 is 0 Å². The molecule has 21 heavy (non-hydrogen) atoms. The van der Waals surface area contributed by atoms with Gasteiger partial charge in [-0.15, -0.1) is 0 Å². The van der Waals surface area contributed by atoms with Crippen molar-refractivity contribution >= 4 is 27.3 Å². The van der Waals surface area contributed by atoms with E-state index in [1.807, 2.05) is 0 Å². The number of sulfone groups is 1. The average Bonchev–Trinajstić information content (AvgIpc) is 2.58. The van der Waals surface area contributed by atoms with E-state index in [4.69, 9.17) is 5.84 Å². The first-order valence-corrected chi connectivity index (χ1v) is 8.11. The summed E-state index contributed by atoms with van der Waals surface area (Å²) < 4.78 is 23.3. The Kier molecular flexibility index (Phi) is 4.23. The molecule has 1 fully saturated rings. The molecule has 11 heteroatoms. The van der Waals surface area contributed by atoms with Crippen LogP contribution in [0.1, 0.15) is 12.1 Å². The summed E-state index contributed by atoms with van der Waals surface area (Å²) in [4.78, 5) is 20.2. The third-order valence-electron chi connectivity index (χ3n) is 3.21. The van der Waals surface area contributed by atoms with Gasteiger partial charge >= 0.3 is 5.69 Å². The van der Waals surface area contributed by atoms with Crippen molar-refractivity contribution in [3.63, 3.8) is 0 Å². The van der Waals surface area contributed by atoms with Crippen molar-refractivity contribution in [1.29, 1.82) is 0 Å². The first-order valence-electron chi connectivity index (χ1n) is 6.29. The number of aryl methyl sites for hydroxylation is 1. The molecule has 1 aliphatic rings. The molecule has 0 atom stereocenters. The SMILES string of the molecule is Cc1nc(NN)nc(N2CCCS(=O)(=O)CC2)c1[N+](=O)[O-]. The molecule has 0 radical (unpaired) electrons. The van der Waals surface area contributed by atoms with Gasteiger partial charge < -0.3 is 4.90 Å². The Bertz CT molecular complexity index is 662. The van der Waals surface area contributed by atoms with Crippen LogP contribution >= 0.6 is 0 Å². The number of nitrogens with two attached hydrogens (primary N) is 1. The molecule has 0 spiro atoms. The molecule has 0 aromatic carbocycles. The van der Waals surface area contributed by atoms with Crippen molar-refractivity contribution in [2.24, 2.45) is 5.84 Å². The van der Waals surface area contributed by atoms with E-state index in [0.29, 0.717) is 13.0 Å². The summed E-state index contributed by atoms with van der Waals surface area (Å²) in [5.41, 5.74) is 2.20. The van der Waals surface area contributed by atoms with E-state index in [9.17, 15) is 18.5 Å². The van der Waals surface area contributed by atoms with Gasteiger partial charge in [0.1, 0.15) is 5.69 Å². The predicted octanol–water partition coefficient (Wildman–Crippen LogP) is -0.396. The van der Waals surface area contributed by atoms with E-state index in [1.54, 1.807) is 4.90 Å². The number of hydrogen-bond donors (Lipinski definition) is 2. The van der Waals surface area contributed by atoms with Crippen molar-refractivity contribution in [3.8, 4) is 0 Å². The molecule has 10 nitrogen and oxygen atoms in total. The Morgan fingerprint density at radius 3 is 2.67 bits per heavy atom. The summed E-state index contributed by atoms with van der Waals surface area (Å²) in [6.07, 6.45) is 0.397. The van der Waals surface area contributed by atoms with Crippen molar-refractivity contribution in [3.05, 3.63) is 15.8 Å². The smallest absolute Gasteiger partial charge is 0.332 e. The maximum atomic E-state index is 11.6. The van der Waals surface area contributed by atoms with Crippen molar-refractivity contribution in [2.45, 2.75) is 13.3 Å². The largest absolute Gasteiger partial charge is 0.350 e. The molecule has 1 saturated heterocycles. The minimum atomic E-state index is -3.11. The monoisotopic (exact) mass is 316 g/mol. The molecular formula is C10H16N6O4S. The molecule has 0 amide bonds. The Morgan fingerprint density at radius 1 is 1.33 bits per heavy atom. The predicted molar refractivity (Wildman–Crippen MR) is 76.7 cm³/mol. The lowest BCUT2D eigenvalue weighted by Gasteiger charge is -2.21. The lowest BCUT2D eigenvalue weighted by atomic mass is 10.3. The highest BCUT2D eigenvalue weighted by Gasteiger charge is 2.29. The van der Waals surface area contributed by atoms with Crippen molar-refractivity contribution in [2.75, 3.05) is 34.9 Å². The Balaban J connectivity index is 2.46. The van der Waals surface area contributed by atoms with Crippen molar-refractivity contribution in [1.82, 2.24) is 9.97 Å². The molecule has 0 aliphatic carbocycles. The molecular weight excluding hydrogens is 300 g/mol. The van der Waals surface area contributed by atoms with E-state index in [1.165, 1.54) is 6.92 Å².